The first-order valence-electron chi connectivity index (χ1n) is 8.66. The molecular formula is C20H20FN3O3S. The lowest BCUT2D eigenvalue weighted by molar-refractivity contribution is -0.115. The first-order valence-corrected chi connectivity index (χ1v) is 9.48. The molecule has 6 nitrogen and oxygen atoms in total. The largest absolute Gasteiger partial charge is 0.466 e. The molecule has 0 fully saturated rings. The molecule has 3 aromatic rings. The number of hydrogen-bond acceptors (Lipinski definition) is 5. The van der Waals surface area contributed by atoms with Gasteiger partial charge in [0, 0.05) is 17.5 Å². The molecule has 0 atom stereocenters. The molecule has 2 aromatic heterocycles. The van der Waals surface area contributed by atoms with E-state index < -0.39 is 0 Å². The van der Waals surface area contributed by atoms with E-state index in [9.17, 15) is 14.0 Å². The minimum Gasteiger partial charge on any atom is -0.466 e. The minimum absolute atomic E-state index is 0.180. The second-order valence-corrected chi connectivity index (χ2v) is 7.57. The van der Waals surface area contributed by atoms with E-state index in [0.717, 1.165) is 10.4 Å². The molecule has 0 aliphatic heterocycles. The maximum atomic E-state index is 13.6. The normalized spacial score (nSPS) is 10.7. The molecule has 0 saturated carbocycles. The average Bonchev–Trinajstić information content (AvgIpc) is 3.21. The predicted molar refractivity (Wildman–Crippen MR) is 105 cm³/mol. The Morgan fingerprint density at radius 3 is 2.68 bits per heavy atom. The van der Waals surface area contributed by atoms with Crippen LogP contribution in [0.1, 0.15) is 37.9 Å². The number of aryl methyl sites for hydroxylation is 3. The quantitative estimate of drug-likeness (QED) is 0.659. The van der Waals surface area contributed by atoms with Crippen LogP contribution in [0, 0.1) is 26.6 Å². The van der Waals surface area contributed by atoms with Crippen molar-refractivity contribution in [3.05, 3.63) is 69.4 Å². The summed E-state index contributed by atoms with van der Waals surface area (Å²) in [5.74, 6) is 0.150. The van der Waals surface area contributed by atoms with Crippen LogP contribution in [-0.4, -0.2) is 23.3 Å². The van der Waals surface area contributed by atoms with Gasteiger partial charge >= 0.3 is 0 Å². The van der Waals surface area contributed by atoms with Crippen LogP contribution in [0.5, 0.6) is 0 Å². The lowest BCUT2D eigenvalue weighted by Gasteiger charge is -2.04. The van der Waals surface area contributed by atoms with Crippen molar-refractivity contribution in [2.45, 2.75) is 27.2 Å². The maximum Gasteiger partial charge on any atom is 0.255 e. The molecule has 1 aromatic carbocycles. The number of aromatic nitrogens is 1. The molecule has 0 spiro atoms. The van der Waals surface area contributed by atoms with Crippen molar-refractivity contribution in [3.63, 3.8) is 0 Å². The zero-order chi connectivity index (χ0) is 20.3. The number of nitrogens with one attached hydrogen (secondary N) is 2. The van der Waals surface area contributed by atoms with Gasteiger partial charge in [0.05, 0.1) is 12.1 Å². The highest BCUT2D eigenvalue weighted by molar-refractivity contribution is 7.15. The van der Waals surface area contributed by atoms with Gasteiger partial charge in [0.2, 0.25) is 5.91 Å². The molecule has 0 saturated heterocycles. The summed E-state index contributed by atoms with van der Waals surface area (Å²) in [5, 5.41) is 5.63. The zero-order valence-electron chi connectivity index (χ0n) is 15.8. The predicted octanol–water partition coefficient (Wildman–Crippen LogP) is 3.76. The summed E-state index contributed by atoms with van der Waals surface area (Å²) < 4.78 is 19.0. The van der Waals surface area contributed by atoms with Gasteiger partial charge in [-0.15, -0.1) is 11.3 Å². The highest BCUT2D eigenvalue weighted by Crippen LogP contribution is 2.22. The van der Waals surface area contributed by atoms with E-state index in [0.29, 0.717) is 34.2 Å². The van der Waals surface area contributed by atoms with Crippen LogP contribution in [0.2, 0.25) is 0 Å². The molecular weight excluding hydrogens is 381 g/mol. The number of halogens is 1. The molecule has 0 unspecified atom stereocenters. The van der Waals surface area contributed by atoms with Crippen LogP contribution in [0.25, 0.3) is 0 Å². The fourth-order valence-corrected chi connectivity index (χ4v) is 3.53. The molecule has 0 bridgehead atoms. The van der Waals surface area contributed by atoms with Crippen LogP contribution >= 0.6 is 11.3 Å². The lowest BCUT2D eigenvalue weighted by Crippen LogP contribution is -2.32. The van der Waals surface area contributed by atoms with Crippen LogP contribution in [0.3, 0.4) is 0 Å². The number of benzene rings is 1. The number of carbonyl (C=O) groups excluding carboxylic acids is 2. The Kier molecular flexibility index (Phi) is 5.89. The Labute approximate surface area is 165 Å². The second kappa shape index (κ2) is 8.35. The summed E-state index contributed by atoms with van der Waals surface area (Å²) in [6.45, 7) is 4.98. The van der Waals surface area contributed by atoms with Crippen LogP contribution in [-0.2, 0) is 11.2 Å². The minimum atomic E-state index is -0.381. The fourth-order valence-electron chi connectivity index (χ4n) is 2.67. The summed E-state index contributed by atoms with van der Waals surface area (Å²) in [6, 6.07) is 6.73. The summed E-state index contributed by atoms with van der Waals surface area (Å²) in [6.07, 6.45) is 2.18. The van der Waals surface area contributed by atoms with Crippen molar-refractivity contribution in [3.8, 4) is 0 Å². The molecule has 0 aliphatic rings. The Balaban J connectivity index is 1.53. The second-order valence-electron chi connectivity index (χ2n) is 6.45. The number of anilines is 1. The Morgan fingerprint density at radius 1 is 1.21 bits per heavy atom. The summed E-state index contributed by atoms with van der Waals surface area (Å²) in [5.41, 5.74) is 1.85. The number of rotatable bonds is 6. The Morgan fingerprint density at radius 2 is 2.00 bits per heavy atom. The smallest absolute Gasteiger partial charge is 0.255 e. The first kappa shape index (κ1) is 19.8. The van der Waals surface area contributed by atoms with Gasteiger partial charge in [-0.05, 0) is 44.0 Å². The van der Waals surface area contributed by atoms with Crippen molar-refractivity contribution in [2.24, 2.45) is 0 Å². The monoisotopic (exact) mass is 401 g/mol. The number of hydrogen-bond donors (Lipinski definition) is 2. The Bertz CT molecular complexity index is 1030. The van der Waals surface area contributed by atoms with Gasteiger partial charge in [0.25, 0.3) is 5.91 Å². The molecule has 28 heavy (non-hydrogen) atoms. The molecule has 2 heterocycles. The van der Waals surface area contributed by atoms with E-state index in [1.807, 2.05) is 6.07 Å². The number of carbonyl (C=O) groups is 2. The molecule has 0 radical (unpaired) electrons. The van der Waals surface area contributed by atoms with E-state index >= 15 is 0 Å². The van der Waals surface area contributed by atoms with Crippen molar-refractivity contribution in [1.29, 1.82) is 0 Å². The highest BCUT2D eigenvalue weighted by Gasteiger charge is 2.15. The topological polar surface area (TPSA) is 84.2 Å². The standard InChI is InChI=1S/C20H20FN3O3S/c1-11-4-5-14(8-17(11)21)7-15-9-23-20(28-15)24-18(25)10-22-19(26)16-6-12(2)27-13(16)3/h4-6,8-9H,7,10H2,1-3H3,(H,22,26)(H,23,24,25). The summed E-state index contributed by atoms with van der Waals surface area (Å²) in [4.78, 5) is 29.2. The third kappa shape index (κ3) is 4.83. The van der Waals surface area contributed by atoms with Crippen molar-refractivity contribution in [1.82, 2.24) is 10.3 Å². The number of amides is 2. The van der Waals surface area contributed by atoms with E-state index in [-0.39, 0.29) is 24.2 Å². The first-order chi connectivity index (χ1) is 13.3. The van der Waals surface area contributed by atoms with Crippen molar-refractivity contribution in [2.75, 3.05) is 11.9 Å². The number of nitrogens with zero attached hydrogens (tertiary/aromatic N) is 1. The number of thiazole rings is 1. The van der Waals surface area contributed by atoms with Gasteiger partial charge in [-0.3, -0.25) is 9.59 Å². The average molecular weight is 401 g/mol. The van der Waals surface area contributed by atoms with Gasteiger partial charge in [-0.25, -0.2) is 9.37 Å². The lowest BCUT2D eigenvalue weighted by atomic mass is 10.1. The third-order valence-corrected chi connectivity index (χ3v) is 5.02. The van der Waals surface area contributed by atoms with Crippen LogP contribution in [0.4, 0.5) is 9.52 Å². The number of furan rings is 1. The van der Waals surface area contributed by atoms with Gasteiger partial charge in [-0.1, -0.05) is 12.1 Å². The van der Waals surface area contributed by atoms with Crippen molar-refractivity contribution < 1.29 is 18.4 Å². The van der Waals surface area contributed by atoms with Gasteiger partial charge < -0.3 is 15.1 Å². The highest BCUT2D eigenvalue weighted by atomic mass is 32.1. The molecule has 0 aliphatic carbocycles. The third-order valence-electron chi connectivity index (χ3n) is 4.11. The SMILES string of the molecule is Cc1cc(C(=O)NCC(=O)Nc2ncc(Cc3ccc(C)c(F)c3)s2)c(C)o1. The molecule has 146 valence electrons. The Hall–Kier alpha value is -3.00. The van der Waals surface area contributed by atoms with E-state index in [4.69, 9.17) is 4.42 Å². The van der Waals surface area contributed by atoms with Crippen LogP contribution in [0.15, 0.2) is 34.9 Å². The molecule has 3 rings (SSSR count). The summed E-state index contributed by atoms with van der Waals surface area (Å²) in [7, 11) is 0. The zero-order valence-corrected chi connectivity index (χ0v) is 16.6. The molecule has 8 heteroatoms. The van der Waals surface area contributed by atoms with E-state index in [1.54, 1.807) is 39.1 Å². The van der Waals surface area contributed by atoms with Gasteiger partial charge in [-0.2, -0.15) is 0 Å². The molecule has 2 N–H and O–H groups in total. The maximum absolute atomic E-state index is 13.6. The summed E-state index contributed by atoms with van der Waals surface area (Å²) >= 11 is 1.31. The fraction of sp³-hybridized carbons (Fsp3) is 0.250. The van der Waals surface area contributed by atoms with Crippen molar-refractivity contribution >= 4 is 28.3 Å². The van der Waals surface area contributed by atoms with Crippen LogP contribution < -0.4 is 10.6 Å². The molecule has 2 amide bonds. The van der Waals surface area contributed by atoms with Gasteiger partial charge in [0.1, 0.15) is 17.3 Å². The van der Waals surface area contributed by atoms with E-state index in [1.165, 1.54) is 17.4 Å². The van der Waals surface area contributed by atoms with E-state index in [2.05, 4.69) is 15.6 Å². The van der Waals surface area contributed by atoms with Gasteiger partial charge in [0.15, 0.2) is 5.13 Å².